The summed E-state index contributed by atoms with van der Waals surface area (Å²) in [5.74, 6) is 1.94. The van der Waals surface area contributed by atoms with Gasteiger partial charge in [-0.25, -0.2) is 4.98 Å². The first-order valence-electron chi connectivity index (χ1n) is 3.35. The highest BCUT2D eigenvalue weighted by Gasteiger charge is 1.96. The van der Waals surface area contributed by atoms with E-state index in [1.807, 2.05) is 13.8 Å². The van der Waals surface area contributed by atoms with E-state index in [0.717, 1.165) is 0 Å². The van der Waals surface area contributed by atoms with Crippen LogP contribution in [0, 0.1) is 13.8 Å². The van der Waals surface area contributed by atoms with E-state index in [-0.39, 0.29) is 0 Å². The Bertz CT molecular complexity index is 226. The maximum absolute atomic E-state index is 5.25. The highest BCUT2D eigenvalue weighted by Crippen LogP contribution is 1.97. The Morgan fingerprint density at radius 1 is 1.18 bits per heavy atom. The number of nitrogens with one attached hydrogen (secondary N) is 1. The van der Waals surface area contributed by atoms with E-state index in [1.165, 1.54) is 0 Å². The van der Waals surface area contributed by atoms with Gasteiger partial charge in [-0.05, 0) is 13.8 Å². The fraction of sp³-hybridized carbons (Fsp3) is 0.500. The molecule has 0 aliphatic rings. The summed E-state index contributed by atoms with van der Waals surface area (Å²) in [6.45, 7) is 3.97. The highest BCUT2D eigenvalue weighted by atomic mass is 15.2. The van der Waals surface area contributed by atoms with Gasteiger partial charge in [0, 0.05) is 0 Å². The van der Waals surface area contributed by atoms with Crippen LogP contribution in [0.25, 0.3) is 0 Å². The zero-order valence-electron chi connectivity index (χ0n) is 6.63. The summed E-state index contributed by atoms with van der Waals surface area (Å²) in [5.41, 5.74) is 5.25. The van der Waals surface area contributed by atoms with Crippen molar-refractivity contribution in [2.45, 2.75) is 13.8 Å². The summed E-state index contributed by atoms with van der Waals surface area (Å²) in [7, 11) is 0. The second kappa shape index (κ2) is 3.25. The molecular weight excluding hydrogens is 142 g/mol. The molecule has 5 heteroatoms. The molecule has 0 unspecified atom stereocenters. The Labute approximate surface area is 65.1 Å². The van der Waals surface area contributed by atoms with Crippen LogP contribution in [0.2, 0.25) is 0 Å². The quantitative estimate of drug-likeness (QED) is 0.576. The summed E-state index contributed by atoms with van der Waals surface area (Å²) in [6.07, 6.45) is 0. The molecule has 1 heterocycles. The zero-order chi connectivity index (χ0) is 8.27. The molecule has 60 valence electrons. The van der Waals surface area contributed by atoms with Crippen LogP contribution in [0.1, 0.15) is 11.6 Å². The third-order valence-corrected chi connectivity index (χ3v) is 1.12. The van der Waals surface area contributed by atoms with Gasteiger partial charge in [0.2, 0.25) is 5.95 Å². The second-order valence-corrected chi connectivity index (χ2v) is 2.13. The van der Waals surface area contributed by atoms with E-state index < -0.39 is 0 Å². The summed E-state index contributed by atoms with van der Waals surface area (Å²) in [5, 5.41) is 2.80. The van der Waals surface area contributed by atoms with Gasteiger partial charge in [0.15, 0.2) is 0 Å². The first-order valence-corrected chi connectivity index (χ1v) is 3.35. The van der Waals surface area contributed by atoms with Crippen molar-refractivity contribution < 1.29 is 0 Å². The van der Waals surface area contributed by atoms with Crippen molar-refractivity contribution in [3.05, 3.63) is 11.6 Å². The lowest BCUT2D eigenvalue weighted by molar-refractivity contribution is 0.910. The average molecular weight is 153 g/mol. The first-order chi connectivity index (χ1) is 5.22. The Balaban J connectivity index is 2.89. The van der Waals surface area contributed by atoms with Gasteiger partial charge in [0.1, 0.15) is 11.6 Å². The summed E-state index contributed by atoms with van der Waals surface area (Å²) >= 11 is 0. The Morgan fingerprint density at radius 2 is 1.73 bits per heavy atom. The average Bonchev–Trinajstić information content (AvgIpc) is 1.85. The molecule has 1 aromatic rings. The van der Waals surface area contributed by atoms with Crippen molar-refractivity contribution in [1.82, 2.24) is 15.0 Å². The van der Waals surface area contributed by atoms with Crippen molar-refractivity contribution in [3.63, 3.8) is 0 Å². The van der Waals surface area contributed by atoms with Gasteiger partial charge in [0.05, 0.1) is 6.67 Å². The third-order valence-electron chi connectivity index (χ3n) is 1.12. The van der Waals surface area contributed by atoms with Gasteiger partial charge in [0.25, 0.3) is 0 Å². The van der Waals surface area contributed by atoms with E-state index in [0.29, 0.717) is 24.3 Å². The number of hydrogen-bond acceptors (Lipinski definition) is 5. The molecule has 5 nitrogen and oxygen atoms in total. The lowest BCUT2D eigenvalue weighted by Crippen LogP contribution is -2.14. The lowest BCUT2D eigenvalue weighted by atomic mass is 10.6. The zero-order valence-corrected chi connectivity index (χ0v) is 6.63. The largest absolute Gasteiger partial charge is 0.342 e. The van der Waals surface area contributed by atoms with Crippen molar-refractivity contribution in [3.8, 4) is 0 Å². The van der Waals surface area contributed by atoms with Gasteiger partial charge >= 0.3 is 0 Å². The molecule has 0 radical (unpaired) electrons. The number of aryl methyl sites for hydroxylation is 2. The van der Waals surface area contributed by atoms with Crippen molar-refractivity contribution in [1.29, 1.82) is 0 Å². The molecule has 0 fully saturated rings. The molecule has 1 aromatic heterocycles. The normalized spacial score (nSPS) is 9.73. The van der Waals surface area contributed by atoms with Crippen LogP contribution < -0.4 is 11.1 Å². The minimum atomic E-state index is 0.336. The van der Waals surface area contributed by atoms with Crippen LogP contribution >= 0.6 is 0 Å². The van der Waals surface area contributed by atoms with E-state index in [1.54, 1.807) is 0 Å². The predicted molar refractivity (Wildman–Crippen MR) is 42.0 cm³/mol. The van der Waals surface area contributed by atoms with Crippen LogP contribution in [0.3, 0.4) is 0 Å². The Hall–Kier alpha value is -1.23. The highest BCUT2D eigenvalue weighted by molar-refractivity contribution is 5.23. The van der Waals surface area contributed by atoms with Gasteiger partial charge in [-0.1, -0.05) is 0 Å². The second-order valence-electron chi connectivity index (χ2n) is 2.13. The van der Waals surface area contributed by atoms with Crippen LogP contribution in [0.4, 0.5) is 5.95 Å². The molecule has 0 aromatic carbocycles. The van der Waals surface area contributed by atoms with Crippen LogP contribution in [0.15, 0.2) is 0 Å². The van der Waals surface area contributed by atoms with Gasteiger partial charge < -0.3 is 11.1 Å². The Morgan fingerprint density at radius 3 is 2.18 bits per heavy atom. The molecule has 0 atom stereocenters. The van der Waals surface area contributed by atoms with E-state index in [2.05, 4.69) is 20.3 Å². The monoisotopic (exact) mass is 153 g/mol. The molecule has 0 aliphatic carbocycles. The SMILES string of the molecule is Cc1nc(C)nc(NCN)n1. The molecule has 0 saturated carbocycles. The lowest BCUT2D eigenvalue weighted by Gasteiger charge is -2.01. The van der Waals surface area contributed by atoms with Crippen molar-refractivity contribution in [2.24, 2.45) is 5.73 Å². The maximum atomic E-state index is 5.25. The van der Waals surface area contributed by atoms with Crippen molar-refractivity contribution >= 4 is 5.95 Å². The third kappa shape index (κ3) is 2.12. The fourth-order valence-electron chi connectivity index (χ4n) is 0.786. The fourth-order valence-corrected chi connectivity index (χ4v) is 0.786. The van der Waals surface area contributed by atoms with Crippen molar-refractivity contribution in [2.75, 3.05) is 12.0 Å². The maximum Gasteiger partial charge on any atom is 0.227 e. The number of hydrogen-bond donors (Lipinski definition) is 2. The van der Waals surface area contributed by atoms with Crippen LogP contribution in [0.5, 0.6) is 0 Å². The molecule has 0 aliphatic heterocycles. The Kier molecular flexibility index (Phi) is 2.32. The van der Waals surface area contributed by atoms with Gasteiger partial charge in [-0.15, -0.1) is 0 Å². The number of aromatic nitrogens is 3. The van der Waals surface area contributed by atoms with E-state index in [4.69, 9.17) is 5.73 Å². The predicted octanol–water partition coefficient (Wildman–Crippen LogP) is -0.183. The summed E-state index contributed by atoms with van der Waals surface area (Å²) < 4.78 is 0. The molecule has 0 amide bonds. The number of nitrogens with zero attached hydrogens (tertiary/aromatic N) is 3. The first kappa shape index (κ1) is 7.87. The molecule has 3 N–H and O–H groups in total. The summed E-state index contributed by atoms with van der Waals surface area (Å²) in [4.78, 5) is 12.0. The van der Waals surface area contributed by atoms with Crippen LogP contribution in [-0.2, 0) is 0 Å². The minimum absolute atomic E-state index is 0.336. The van der Waals surface area contributed by atoms with Gasteiger partial charge in [-0.3, -0.25) is 0 Å². The molecular formula is C6H11N5. The molecule has 1 rings (SSSR count). The topological polar surface area (TPSA) is 76.7 Å². The van der Waals surface area contributed by atoms with Gasteiger partial charge in [-0.2, -0.15) is 9.97 Å². The van der Waals surface area contributed by atoms with E-state index >= 15 is 0 Å². The molecule has 0 spiro atoms. The molecule has 0 saturated heterocycles. The molecule has 0 bridgehead atoms. The number of nitrogens with two attached hydrogens (primary N) is 1. The smallest absolute Gasteiger partial charge is 0.227 e. The van der Waals surface area contributed by atoms with E-state index in [9.17, 15) is 0 Å². The summed E-state index contributed by atoms with van der Waals surface area (Å²) in [6, 6.07) is 0. The standard InChI is InChI=1S/C6H11N5/c1-4-9-5(2)11-6(10-4)8-3-7/h3,7H2,1-2H3,(H,8,9,10,11). The number of rotatable bonds is 2. The van der Waals surface area contributed by atoms with Crippen LogP contribution in [-0.4, -0.2) is 21.6 Å². The minimum Gasteiger partial charge on any atom is -0.342 e. The molecule has 11 heavy (non-hydrogen) atoms. The number of anilines is 1.